The van der Waals surface area contributed by atoms with Crippen LogP contribution in [0.15, 0.2) is 46.0 Å². The van der Waals surface area contributed by atoms with Gasteiger partial charge in [0, 0.05) is 31.2 Å². The first-order valence-electron chi connectivity index (χ1n) is 7.46. The summed E-state index contributed by atoms with van der Waals surface area (Å²) < 4.78 is 19.2. The summed E-state index contributed by atoms with van der Waals surface area (Å²) in [7, 11) is 3.38. The van der Waals surface area contributed by atoms with Crippen LogP contribution in [-0.4, -0.2) is 36.6 Å². The summed E-state index contributed by atoms with van der Waals surface area (Å²) in [5.41, 5.74) is -0.807. The highest BCUT2D eigenvalue weighted by Gasteiger charge is 2.27. The van der Waals surface area contributed by atoms with Crippen LogP contribution >= 0.6 is 11.6 Å². The SMILES string of the molecule is CN=C(NCC(C)(O)c1ccco1)N(C)Cc1c(F)cccc1Cl. The van der Waals surface area contributed by atoms with Crippen LogP contribution in [0.25, 0.3) is 0 Å². The smallest absolute Gasteiger partial charge is 0.193 e. The molecule has 0 aliphatic rings. The molecule has 0 amide bonds. The van der Waals surface area contributed by atoms with Crippen molar-refractivity contribution in [2.45, 2.75) is 19.1 Å². The third-order valence-electron chi connectivity index (χ3n) is 3.67. The molecule has 0 bridgehead atoms. The zero-order valence-electron chi connectivity index (χ0n) is 13.9. The fraction of sp³-hybridized carbons (Fsp3) is 0.353. The molecular formula is C17H21ClFN3O2. The van der Waals surface area contributed by atoms with E-state index >= 15 is 0 Å². The molecule has 2 aromatic rings. The largest absolute Gasteiger partial charge is 0.466 e. The molecule has 0 aliphatic carbocycles. The van der Waals surface area contributed by atoms with Crippen LogP contribution in [-0.2, 0) is 12.1 Å². The molecule has 1 aromatic carbocycles. The summed E-state index contributed by atoms with van der Waals surface area (Å²) >= 11 is 6.06. The van der Waals surface area contributed by atoms with E-state index in [9.17, 15) is 9.50 Å². The second-order valence-electron chi connectivity index (χ2n) is 5.71. The molecule has 1 atom stereocenters. The highest BCUT2D eigenvalue weighted by atomic mass is 35.5. The molecule has 1 heterocycles. The number of furan rings is 1. The molecular weight excluding hydrogens is 333 g/mol. The van der Waals surface area contributed by atoms with Gasteiger partial charge in [-0.2, -0.15) is 0 Å². The van der Waals surface area contributed by atoms with E-state index in [0.29, 0.717) is 22.3 Å². The Morgan fingerprint density at radius 2 is 2.17 bits per heavy atom. The minimum Gasteiger partial charge on any atom is -0.466 e. The Labute approximate surface area is 145 Å². The maximum absolute atomic E-state index is 13.9. The van der Waals surface area contributed by atoms with E-state index in [0.717, 1.165) is 0 Å². The van der Waals surface area contributed by atoms with Gasteiger partial charge in [0.05, 0.1) is 12.8 Å². The molecule has 0 spiro atoms. The minimum absolute atomic E-state index is 0.183. The van der Waals surface area contributed by atoms with Gasteiger partial charge in [-0.25, -0.2) is 4.39 Å². The average molecular weight is 354 g/mol. The Hall–Kier alpha value is -2.05. The standard InChI is InChI=1S/C17H21ClFN3O2/c1-17(23,15-8-5-9-24-15)11-21-16(20-2)22(3)10-12-13(18)6-4-7-14(12)19/h4-9,23H,10-11H2,1-3H3,(H,20,21). The normalized spacial score (nSPS) is 14.3. The van der Waals surface area contributed by atoms with Crippen LogP contribution < -0.4 is 5.32 Å². The van der Waals surface area contributed by atoms with Crippen molar-refractivity contribution in [1.82, 2.24) is 10.2 Å². The van der Waals surface area contributed by atoms with Crippen molar-refractivity contribution >= 4 is 17.6 Å². The molecule has 0 aliphatic heterocycles. The van der Waals surface area contributed by atoms with Crippen molar-refractivity contribution in [3.05, 3.63) is 58.8 Å². The van der Waals surface area contributed by atoms with Crippen LogP contribution in [0.5, 0.6) is 0 Å². The Balaban J connectivity index is 2.03. The zero-order chi connectivity index (χ0) is 17.7. The second kappa shape index (κ2) is 7.68. The molecule has 130 valence electrons. The molecule has 0 radical (unpaired) electrons. The summed E-state index contributed by atoms with van der Waals surface area (Å²) in [6.45, 7) is 2.07. The fourth-order valence-electron chi connectivity index (χ4n) is 2.30. The van der Waals surface area contributed by atoms with Crippen LogP contribution in [0.1, 0.15) is 18.2 Å². The molecule has 24 heavy (non-hydrogen) atoms. The molecule has 0 saturated carbocycles. The number of guanidine groups is 1. The van der Waals surface area contributed by atoms with Crippen LogP contribution in [0.4, 0.5) is 4.39 Å². The maximum Gasteiger partial charge on any atom is 0.193 e. The van der Waals surface area contributed by atoms with Crippen molar-refractivity contribution in [2.24, 2.45) is 4.99 Å². The number of hydrogen-bond donors (Lipinski definition) is 2. The number of aliphatic hydroxyl groups is 1. The van der Waals surface area contributed by atoms with Gasteiger partial charge in [0.2, 0.25) is 0 Å². The van der Waals surface area contributed by atoms with E-state index < -0.39 is 5.60 Å². The second-order valence-corrected chi connectivity index (χ2v) is 6.12. The van der Waals surface area contributed by atoms with E-state index in [2.05, 4.69) is 10.3 Å². The van der Waals surface area contributed by atoms with Crippen molar-refractivity contribution in [1.29, 1.82) is 0 Å². The van der Waals surface area contributed by atoms with E-state index in [1.165, 1.54) is 12.3 Å². The number of rotatable bonds is 5. The molecule has 7 heteroatoms. The molecule has 1 aromatic heterocycles. The summed E-state index contributed by atoms with van der Waals surface area (Å²) in [4.78, 5) is 5.88. The van der Waals surface area contributed by atoms with Crippen LogP contribution in [0.2, 0.25) is 5.02 Å². The highest BCUT2D eigenvalue weighted by molar-refractivity contribution is 6.31. The van der Waals surface area contributed by atoms with Gasteiger partial charge in [-0.15, -0.1) is 0 Å². The van der Waals surface area contributed by atoms with Gasteiger partial charge >= 0.3 is 0 Å². The van der Waals surface area contributed by atoms with Gasteiger partial charge < -0.3 is 19.7 Å². The predicted octanol–water partition coefficient (Wildman–Crippen LogP) is 2.99. The lowest BCUT2D eigenvalue weighted by Gasteiger charge is -2.27. The highest BCUT2D eigenvalue weighted by Crippen LogP contribution is 2.21. The van der Waals surface area contributed by atoms with E-state index in [1.807, 2.05) is 0 Å². The zero-order valence-corrected chi connectivity index (χ0v) is 14.6. The lowest BCUT2D eigenvalue weighted by molar-refractivity contribution is 0.0381. The fourth-order valence-corrected chi connectivity index (χ4v) is 2.53. The predicted molar refractivity (Wildman–Crippen MR) is 92.5 cm³/mol. The number of aliphatic imine (C=N–C) groups is 1. The van der Waals surface area contributed by atoms with Crippen molar-refractivity contribution in [2.75, 3.05) is 20.6 Å². The number of halogens is 2. The maximum atomic E-state index is 13.9. The first kappa shape index (κ1) is 18.3. The quantitative estimate of drug-likeness (QED) is 0.641. The van der Waals surface area contributed by atoms with Crippen molar-refractivity contribution < 1.29 is 13.9 Å². The topological polar surface area (TPSA) is 61.0 Å². The molecule has 0 fully saturated rings. The van der Waals surface area contributed by atoms with Gasteiger partial charge in [0.25, 0.3) is 0 Å². The Morgan fingerprint density at radius 3 is 2.75 bits per heavy atom. The summed E-state index contributed by atoms with van der Waals surface area (Å²) in [6, 6.07) is 7.99. The summed E-state index contributed by atoms with van der Waals surface area (Å²) in [5, 5.41) is 13.9. The van der Waals surface area contributed by atoms with Crippen molar-refractivity contribution in [3.63, 3.8) is 0 Å². The molecule has 2 rings (SSSR count). The average Bonchev–Trinajstić information content (AvgIpc) is 3.07. The third kappa shape index (κ3) is 4.27. The number of nitrogens with one attached hydrogen (secondary N) is 1. The number of benzene rings is 1. The van der Waals surface area contributed by atoms with Gasteiger partial charge in [0.15, 0.2) is 5.96 Å². The lowest BCUT2D eigenvalue weighted by Crippen LogP contribution is -2.45. The van der Waals surface area contributed by atoms with E-state index in [1.54, 1.807) is 50.2 Å². The van der Waals surface area contributed by atoms with Crippen LogP contribution in [0, 0.1) is 5.82 Å². The summed E-state index contributed by atoms with van der Waals surface area (Å²) in [6.07, 6.45) is 1.50. The summed E-state index contributed by atoms with van der Waals surface area (Å²) in [5.74, 6) is 0.582. The Bertz CT molecular complexity index is 682. The van der Waals surface area contributed by atoms with E-state index in [-0.39, 0.29) is 18.9 Å². The first-order chi connectivity index (χ1) is 11.3. The molecule has 2 N–H and O–H groups in total. The number of nitrogens with zero attached hydrogens (tertiary/aromatic N) is 2. The molecule has 5 nitrogen and oxygen atoms in total. The molecule has 1 unspecified atom stereocenters. The van der Waals surface area contributed by atoms with Gasteiger partial charge in [0.1, 0.15) is 17.2 Å². The molecule has 0 saturated heterocycles. The van der Waals surface area contributed by atoms with Gasteiger partial charge in [-0.05, 0) is 31.2 Å². The Morgan fingerprint density at radius 1 is 1.42 bits per heavy atom. The lowest BCUT2D eigenvalue weighted by atomic mass is 10.0. The van der Waals surface area contributed by atoms with E-state index in [4.69, 9.17) is 16.0 Å². The third-order valence-corrected chi connectivity index (χ3v) is 4.03. The monoisotopic (exact) mass is 353 g/mol. The number of hydrogen-bond acceptors (Lipinski definition) is 3. The van der Waals surface area contributed by atoms with Crippen molar-refractivity contribution in [3.8, 4) is 0 Å². The Kier molecular flexibility index (Phi) is 5.85. The van der Waals surface area contributed by atoms with Gasteiger partial charge in [-0.3, -0.25) is 4.99 Å². The van der Waals surface area contributed by atoms with Crippen LogP contribution in [0.3, 0.4) is 0 Å². The first-order valence-corrected chi connectivity index (χ1v) is 7.84. The van der Waals surface area contributed by atoms with Gasteiger partial charge in [-0.1, -0.05) is 17.7 Å². The minimum atomic E-state index is -1.20.